The van der Waals surface area contributed by atoms with Crippen LogP contribution in [0.2, 0.25) is 0 Å². The summed E-state index contributed by atoms with van der Waals surface area (Å²) in [6.45, 7) is 29.4. The highest BCUT2D eigenvalue weighted by Gasteiger charge is 2.25. The lowest BCUT2D eigenvalue weighted by Crippen LogP contribution is -2.22. The Hall–Kier alpha value is -8.57. The van der Waals surface area contributed by atoms with Gasteiger partial charge in [0, 0.05) is 44.1 Å². The number of aryl methyl sites for hydroxylation is 2. The molecule has 26 nitrogen and oxygen atoms in total. The van der Waals surface area contributed by atoms with Crippen molar-refractivity contribution in [3.8, 4) is 34.0 Å². The molecule has 0 radical (unpaired) electrons. The van der Waals surface area contributed by atoms with Crippen LogP contribution in [0, 0.1) is 27.0 Å². The second-order valence-electron chi connectivity index (χ2n) is 18.3. The molecule has 86 heavy (non-hydrogen) atoms. The second kappa shape index (κ2) is 26.8. The molecule has 3 aromatic heterocycles. The van der Waals surface area contributed by atoms with Crippen molar-refractivity contribution in [2.24, 2.45) is 20.5 Å². The van der Waals surface area contributed by atoms with E-state index >= 15 is 0 Å². The molecule has 446 valence electrons. The Morgan fingerprint density at radius 1 is 0.593 bits per heavy atom. The number of nitrogens with one attached hydrogen (secondary N) is 2. The van der Waals surface area contributed by atoms with E-state index in [1.165, 1.54) is 70.5 Å². The molecule has 0 amide bonds. The molecule has 0 unspecified atom stereocenters. The summed E-state index contributed by atoms with van der Waals surface area (Å²) in [5, 5.41) is 25.0. The minimum Gasteiger partial charge on any atom is -0.494 e. The van der Waals surface area contributed by atoms with Gasteiger partial charge in [-0.3, -0.25) is 13.7 Å². The van der Waals surface area contributed by atoms with E-state index in [2.05, 4.69) is 49.5 Å². The third-order valence-corrected chi connectivity index (χ3v) is 18.2. The monoisotopic (exact) mass is 1280 g/mol. The third kappa shape index (κ3) is 14.4. The number of rotatable bonds is 24. The molecule has 3 heterocycles. The number of thioether (sulfide) groups is 1. The summed E-state index contributed by atoms with van der Waals surface area (Å²) >= 11 is 2.78. The Bertz CT molecular complexity index is 4170. The Kier molecular flexibility index (Phi) is 19.8. The number of hydrogen-bond acceptors (Lipinski definition) is 24. The van der Waals surface area contributed by atoms with Crippen molar-refractivity contribution in [1.29, 1.82) is 0 Å². The maximum atomic E-state index is 12.2. The van der Waals surface area contributed by atoms with Gasteiger partial charge in [-0.05, 0) is 129 Å². The molecular weight excluding hydrogens is 1230 g/mol. The highest BCUT2D eigenvalue weighted by atomic mass is 32.2. The average molecular weight is 1280 g/mol. The van der Waals surface area contributed by atoms with Gasteiger partial charge >= 0.3 is 0 Å². The first-order chi connectivity index (χ1) is 40.9. The first-order valence-corrected chi connectivity index (χ1v) is 32.5. The molecule has 0 bridgehead atoms. The van der Waals surface area contributed by atoms with E-state index in [1.54, 1.807) is 42.5 Å². The molecular formula is C54H53N15O11S6. The highest BCUT2D eigenvalue weighted by molar-refractivity contribution is 7.98. The lowest BCUT2D eigenvalue weighted by Gasteiger charge is -2.25. The van der Waals surface area contributed by atoms with Crippen LogP contribution in [-0.4, -0.2) is 103 Å². The number of azo groups is 2. The average Bonchev–Trinajstić information content (AvgIpc) is 1.68. The maximum absolute atomic E-state index is 12.2. The molecule has 0 spiro atoms. The summed E-state index contributed by atoms with van der Waals surface area (Å²) < 4.78 is 123. The van der Waals surface area contributed by atoms with Gasteiger partial charge < -0.3 is 29.9 Å². The van der Waals surface area contributed by atoms with Crippen molar-refractivity contribution < 1.29 is 48.4 Å². The van der Waals surface area contributed by atoms with E-state index < -0.39 is 30.4 Å². The predicted molar refractivity (Wildman–Crippen MR) is 330 cm³/mol. The smallest absolute Gasteiger partial charge is 0.294 e. The number of anilines is 6. The second-order valence-corrected chi connectivity index (χ2v) is 24.9. The molecule has 8 aromatic rings. The largest absolute Gasteiger partial charge is 0.494 e. The number of ether oxygens (including phenoxy) is 2. The van der Waals surface area contributed by atoms with E-state index in [9.17, 15) is 38.9 Å². The molecule has 0 saturated heterocycles. The van der Waals surface area contributed by atoms with E-state index in [-0.39, 0.29) is 115 Å². The van der Waals surface area contributed by atoms with Crippen LogP contribution in [0.5, 0.6) is 11.5 Å². The normalized spacial score (nSPS) is 11.9. The van der Waals surface area contributed by atoms with Crippen LogP contribution < -0.4 is 29.9 Å². The zero-order valence-corrected chi connectivity index (χ0v) is 51.9. The predicted octanol–water partition coefficient (Wildman–Crippen LogP) is 13.9. The molecule has 5 aromatic carbocycles. The van der Waals surface area contributed by atoms with Crippen molar-refractivity contribution in [3.63, 3.8) is 0 Å². The van der Waals surface area contributed by atoms with Crippen molar-refractivity contribution >= 4 is 133 Å². The van der Waals surface area contributed by atoms with Gasteiger partial charge in [0.2, 0.25) is 11.9 Å². The van der Waals surface area contributed by atoms with Crippen molar-refractivity contribution in [2.45, 2.75) is 67.1 Å². The Morgan fingerprint density at radius 2 is 1.03 bits per heavy atom. The summed E-state index contributed by atoms with van der Waals surface area (Å²) in [7, 11) is -10.8. The first-order valence-electron chi connectivity index (χ1n) is 25.6. The molecule has 0 aliphatic heterocycles. The molecule has 0 aliphatic carbocycles. The number of aromatic nitrogens is 5. The minimum absolute atomic E-state index is 0.0357. The van der Waals surface area contributed by atoms with E-state index in [0.29, 0.717) is 54.6 Å². The molecule has 0 atom stereocenters. The molecule has 32 heteroatoms. The Labute approximate surface area is 508 Å². The maximum Gasteiger partial charge on any atom is 0.294 e. The number of methoxy groups -OCH3 is 2. The van der Waals surface area contributed by atoms with Crippen LogP contribution in [0.4, 0.5) is 67.4 Å². The van der Waals surface area contributed by atoms with Gasteiger partial charge in [0.15, 0.2) is 15.2 Å². The lowest BCUT2D eigenvalue weighted by molar-refractivity contribution is 0.414. The van der Waals surface area contributed by atoms with Crippen LogP contribution in [0.3, 0.4) is 0 Å². The summed E-state index contributed by atoms with van der Waals surface area (Å²) in [6, 6.07) is 21.1. The quantitative estimate of drug-likeness (QED) is 0.0162. The highest BCUT2D eigenvalue weighted by Crippen LogP contribution is 2.48. The summed E-state index contributed by atoms with van der Waals surface area (Å²) in [6.07, 6.45) is 0. The van der Waals surface area contributed by atoms with Crippen LogP contribution >= 0.6 is 34.8 Å². The number of benzene rings is 5. The lowest BCUT2D eigenvalue weighted by atomic mass is 10.1. The van der Waals surface area contributed by atoms with E-state index in [1.807, 2.05) is 37.5 Å². The Morgan fingerprint density at radius 3 is 1.42 bits per heavy atom. The van der Waals surface area contributed by atoms with Gasteiger partial charge in [0.25, 0.3) is 41.7 Å². The minimum atomic E-state index is -4.61. The topological polar surface area (TPSA) is 335 Å². The molecule has 0 aliphatic rings. The number of nitrogens with zero attached hydrogens (tertiary/aromatic N) is 13. The zero-order valence-electron chi connectivity index (χ0n) is 47.0. The van der Waals surface area contributed by atoms with Crippen LogP contribution in [0.1, 0.15) is 44.4 Å². The molecule has 0 saturated carbocycles. The fraction of sp³-hybridized carbons (Fsp3) is 0.241. The van der Waals surface area contributed by atoms with Gasteiger partial charge in [-0.15, -0.1) is 20.5 Å². The Balaban J connectivity index is 1.26. The first kappa shape index (κ1) is 63.5. The van der Waals surface area contributed by atoms with Gasteiger partial charge in [-0.2, -0.15) is 40.2 Å². The van der Waals surface area contributed by atoms with Gasteiger partial charge in [0.05, 0.1) is 76.2 Å². The zero-order chi connectivity index (χ0) is 62.3. The summed E-state index contributed by atoms with van der Waals surface area (Å²) in [5.74, 6) is 0.827. The van der Waals surface area contributed by atoms with Gasteiger partial charge in [-0.25, -0.2) is 18.4 Å². The van der Waals surface area contributed by atoms with Crippen molar-refractivity contribution in [3.05, 3.63) is 124 Å². The third-order valence-electron chi connectivity index (χ3n) is 13.0. The van der Waals surface area contributed by atoms with Gasteiger partial charge in [0.1, 0.15) is 22.9 Å². The van der Waals surface area contributed by atoms with Crippen LogP contribution in [-0.2, 0) is 36.1 Å². The fourth-order valence-corrected chi connectivity index (χ4v) is 12.8. The molecule has 0 fully saturated rings. The van der Waals surface area contributed by atoms with Gasteiger partial charge in [-0.1, -0.05) is 48.2 Å². The van der Waals surface area contributed by atoms with E-state index in [0.717, 1.165) is 34.8 Å². The summed E-state index contributed by atoms with van der Waals surface area (Å²) in [4.78, 5) is 24.8. The fourth-order valence-electron chi connectivity index (χ4n) is 8.66. The van der Waals surface area contributed by atoms with Crippen molar-refractivity contribution in [1.82, 2.24) is 23.7 Å². The summed E-state index contributed by atoms with van der Waals surface area (Å²) in [5.41, 5.74) is 3.93. The standard InChI is InChI=1S/C54H53N15O11S6/c1-11-68(12-2)40-25-36(38(27-42(40)79-9)62-64-50-48(55-7)46(66-82-50)33-20-18-30(5)44(23-33)85(73,74)75)57-52-59-53(61-54(60-52)81-29-32-16-15-17-35(22-32)84(70,71)72)58-37-26-41(69(13-3)14-4)43(80-10)28-39(37)63-65-51-49(56-8)47(67-83-51)34-21-19-31(6)45(24-34)86(76,77)78/h15-28H,11-14,29H2,1-6,9-10H3,(H,70,71,72)(H,73,74,75)(H,76,77,78)(H2,57,58,59,60,61). The van der Waals surface area contributed by atoms with Crippen LogP contribution in [0.25, 0.3) is 32.2 Å². The SMILES string of the molecule is [C-]#[N+]c1c(-c2ccc(C)c(S(=O)(=O)O)c2)nsc1N=Nc1cc(OC)c(N(CC)CC)cc1Nc1nc(Nc2cc(N(CC)CC)c(OC)cc2N=Nc2snc(-c3ccc(C)c(S(=O)(=O)O)c3)c2[N+]#[C-])nc(SCc2cccc(S(=O)(=O)O)c2)n1. The number of hydrogen-bond donors (Lipinski definition) is 5. The van der Waals surface area contributed by atoms with Crippen molar-refractivity contribution in [2.75, 3.05) is 60.8 Å². The van der Waals surface area contributed by atoms with E-state index in [4.69, 9.17) is 37.6 Å². The molecule has 8 rings (SSSR count). The van der Waals surface area contributed by atoms with Crippen LogP contribution in [0.15, 0.2) is 125 Å². The molecule has 5 N–H and O–H groups in total.